The van der Waals surface area contributed by atoms with Crippen molar-refractivity contribution in [2.45, 2.75) is 40.3 Å². The average Bonchev–Trinajstić information content (AvgIpc) is 3.34. The molecule has 0 bridgehead atoms. The second kappa shape index (κ2) is 14.4. The number of ether oxygens (including phenoxy) is 5. The van der Waals surface area contributed by atoms with Crippen molar-refractivity contribution in [1.29, 1.82) is 0 Å². The van der Waals surface area contributed by atoms with Gasteiger partial charge in [-0.15, -0.1) is 0 Å². The summed E-state index contributed by atoms with van der Waals surface area (Å²) in [5.41, 5.74) is 4.02. The number of allylic oxidation sites excluding steroid dienone is 1. The van der Waals surface area contributed by atoms with Crippen molar-refractivity contribution >= 4 is 39.3 Å². The number of hydrogen-bond donors (Lipinski definition) is 0. The molecule has 0 aliphatic carbocycles. The van der Waals surface area contributed by atoms with Gasteiger partial charge in [0.15, 0.2) is 27.8 Å². The minimum atomic E-state index is -0.830. The average molecular weight is 708 g/mol. The maximum atomic E-state index is 14.2. The van der Waals surface area contributed by atoms with Crippen LogP contribution >= 0.6 is 27.3 Å². The number of benzene rings is 3. The number of thiazole rings is 1. The van der Waals surface area contributed by atoms with Gasteiger partial charge in [-0.25, -0.2) is 9.79 Å². The molecule has 0 saturated carbocycles. The minimum Gasteiger partial charge on any atom is -0.493 e. The van der Waals surface area contributed by atoms with E-state index in [-0.39, 0.29) is 17.7 Å². The molecule has 0 fully saturated rings. The third kappa shape index (κ3) is 6.75. The van der Waals surface area contributed by atoms with Crippen molar-refractivity contribution in [2.24, 2.45) is 4.99 Å². The van der Waals surface area contributed by atoms with E-state index in [1.165, 1.54) is 21.5 Å². The molecule has 0 radical (unpaired) electrons. The van der Waals surface area contributed by atoms with E-state index in [2.05, 4.69) is 20.9 Å². The fourth-order valence-electron chi connectivity index (χ4n) is 5.16. The molecule has 1 aliphatic heterocycles. The molecule has 0 saturated heterocycles. The number of hydrogen-bond acceptors (Lipinski definition) is 9. The molecule has 1 aromatic heterocycles. The number of nitrogens with zero attached hydrogens (tertiary/aromatic N) is 2. The standard InChI is InChI=1S/C35H35BrN2O7S/c1-7-43-29-18-25(36)24(17-28(29)42-6)32-31(34(40)44-8-2)21(4)37-35-38(32)33(39)30(46-35)16-23-13-14-26(27(15-23)41-5)45-19-22-11-9-20(3)10-12-22/h9-18,32H,7-8,19H2,1-6H3/b30-16+/t32-/m1/s1. The number of esters is 1. The Labute approximate surface area is 279 Å². The van der Waals surface area contributed by atoms with Crippen LogP contribution < -0.4 is 33.8 Å². The lowest BCUT2D eigenvalue weighted by Crippen LogP contribution is -2.40. The number of carbonyl (C=O) groups excluding carboxylic acids is 1. The molecule has 46 heavy (non-hydrogen) atoms. The van der Waals surface area contributed by atoms with Crippen molar-refractivity contribution in [3.63, 3.8) is 0 Å². The molecule has 1 aliphatic rings. The third-order valence-corrected chi connectivity index (χ3v) is 9.06. The molecule has 11 heteroatoms. The highest BCUT2D eigenvalue weighted by molar-refractivity contribution is 9.10. The van der Waals surface area contributed by atoms with Gasteiger partial charge in [0.25, 0.3) is 5.56 Å². The summed E-state index contributed by atoms with van der Waals surface area (Å²) >= 11 is 4.89. The smallest absolute Gasteiger partial charge is 0.338 e. The van der Waals surface area contributed by atoms with Crippen LogP contribution in [0.4, 0.5) is 0 Å². The molecule has 2 heterocycles. The molecule has 4 aromatic rings. The lowest BCUT2D eigenvalue weighted by molar-refractivity contribution is -0.139. The first-order valence-electron chi connectivity index (χ1n) is 14.7. The molecule has 5 rings (SSSR count). The lowest BCUT2D eigenvalue weighted by atomic mass is 9.95. The Balaban J connectivity index is 1.59. The zero-order chi connectivity index (χ0) is 33.0. The van der Waals surface area contributed by atoms with E-state index in [4.69, 9.17) is 23.7 Å². The first-order chi connectivity index (χ1) is 22.2. The van der Waals surface area contributed by atoms with Gasteiger partial charge in [0.2, 0.25) is 0 Å². The van der Waals surface area contributed by atoms with Gasteiger partial charge in [-0.3, -0.25) is 9.36 Å². The molecule has 0 amide bonds. The van der Waals surface area contributed by atoms with Crippen LogP contribution in [0.1, 0.15) is 49.1 Å². The second-order valence-corrected chi connectivity index (χ2v) is 12.3. The van der Waals surface area contributed by atoms with E-state index in [1.807, 2.05) is 56.3 Å². The van der Waals surface area contributed by atoms with Gasteiger partial charge >= 0.3 is 5.97 Å². The molecular formula is C35H35BrN2O7S. The highest BCUT2D eigenvalue weighted by Gasteiger charge is 2.35. The van der Waals surface area contributed by atoms with E-state index in [9.17, 15) is 9.59 Å². The topological polar surface area (TPSA) is 97.6 Å². The third-order valence-electron chi connectivity index (χ3n) is 7.39. The Bertz CT molecular complexity index is 1980. The van der Waals surface area contributed by atoms with Gasteiger partial charge in [0.05, 0.1) is 49.3 Å². The van der Waals surface area contributed by atoms with Crippen LogP contribution in [0, 0.1) is 6.92 Å². The second-order valence-electron chi connectivity index (χ2n) is 10.4. The van der Waals surface area contributed by atoms with Gasteiger partial charge in [-0.2, -0.15) is 0 Å². The summed E-state index contributed by atoms with van der Waals surface area (Å²) in [6, 6.07) is 16.4. The van der Waals surface area contributed by atoms with E-state index in [1.54, 1.807) is 46.3 Å². The summed E-state index contributed by atoms with van der Waals surface area (Å²) in [5, 5.41) is 0. The molecule has 240 valence electrons. The summed E-state index contributed by atoms with van der Waals surface area (Å²) in [5.74, 6) is 1.58. The van der Waals surface area contributed by atoms with E-state index in [0.29, 0.717) is 61.3 Å². The number of rotatable bonds is 11. The van der Waals surface area contributed by atoms with Crippen LogP contribution in [0.5, 0.6) is 23.0 Å². The van der Waals surface area contributed by atoms with Crippen LogP contribution in [-0.2, 0) is 16.1 Å². The first kappa shape index (κ1) is 33.0. The van der Waals surface area contributed by atoms with Crippen LogP contribution in [0.25, 0.3) is 6.08 Å². The number of methoxy groups -OCH3 is 2. The maximum absolute atomic E-state index is 14.2. The fraction of sp³-hybridized carbons (Fsp3) is 0.286. The normalized spacial score (nSPS) is 14.4. The van der Waals surface area contributed by atoms with Gasteiger partial charge < -0.3 is 23.7 Å². The minimum absolute atomic E-state index is 0.174. The Morgan fingerprint density at radius 1 is 0.935 bits per heavy atom. The predicted octanol–water partition coefficient (Wildman–Crippen LogP) is 5.86. The zero-order valence-electron chi connectivity index (χ0n) is 26.5. The van der Waals surface area contributed by atoms with Crippen molar-refractivity contribution in [3.05, 3.63) is 112 Å². The quantitative estimate of drug-likeness (QED) is 0.180. The molecule has 9 nitrogen and oxygen atoms in total. The monoisotopic (exact) mass is 706 g/mol. The van der Waals surface area contributed by atoms with Gasteiger partial charge in [-0.1, -0.05) is 63.2 Å². The molecule has 3 aromatic carbocycles. The predicted molar refractivity (Wildman–Crippen MR) is 181 cm³/mol. The van der Waals surface area contributed by atoms with Crippen LogP contribution in [-0.4, -0.2) is 38.0 Å². The number of aromatic nitrogens is 1. The summed E-state index contributed by atoms with van der Waals surface area (Å²) < 4.78 is 31.1. The Morgan fingerprint density at radius 2 is 1.65 bits per heavy atom. The highest BCUT2D eigenvalue weighted by atomic mass is 79.9. The summed E-state index contributed by atoms with van der Waals surface area (Å²) in [6.45, 7) is 8.41. The largest absolute Gasteiger partial charge is 0.493 e. The Hall–Kier alpha value is -4.35. The van der Waals surface area contributed by atoms with E-state index >= 15 is 0 Å². The zero-order valence-corrected chi connectivity index (χ0v) is 28.9. The summed E-state index contributed by atoms with van der Waals surface area (Å²) in [7, 11) is 3.12. The summed E-state index contributed by atoms with van der Waals surface area (Å²) in [4.78, 5) is 32.6. The van der Waals surface area contributed by atoms with Crippen molar-refractivity contribution in [3.8, 4) is 23.0 Å². The van der Waals surface area contributed by atoms with Crippen LogP contribution in [0.3, 0.4) is 0 Å². The number of fused-ring (bicyclic) bond motifs is 1. The fourth-order valence-corrected chi connectivity index (χ4v) is 6.75. The van der Waals surface area contributed by atoms with Crippen molar-refractivity contribution < 1.29 is 28.5 Å². The van der Waals surface area contributed by atoms with Gasteiger partial charge in [0.1, 0.15) is 6.61 Å². The van der Waals surface area contributed by atoms with Crippen LogP contribution in [0.15, 0.2) is 80.1 Å². The first-order valence-corrected chi connectivity index (χ1v) is 16.4. The van der Waals surface area contributed by atoms with Gasteiger partial charge in [0, 0.05) is 4.47 Å². The molecule has 0 N–H and O–H groups in total. The molecular weight excluding hydrogens is 672 g/mol. The maximum Gasteiger partial charge on any atom is 0.338 e. The molecule has 0 unspecified atom stereocenters. The summed E-state index contributed by atoms with van der Waals surface area (Å²) in [6.07, 6.45) is 1.78. The van der Waals surface area contributed by atoms with Crippen molar-refractivity contribution in [1.82, 2.24) is 4.57 Å². The van der Waals surface area contributed by atoms with Crippen molar-refractivity contribution in [2.75, 3.05) is 27.4 Å². The lowest BCUT2D eigenvalue weighted by Gasteiger charge is -2.26. The number of carbonyl (C=O) groups is 1. The highest BCUT2D eigenvalue weighted by Crippen LogP contribution is 2.41. The number of aryl methyl sites for hydroxylation is 1. The molecule has 0 spiro atoms. The van der Waals surface area contributed by atoms with E-state index < -0.39 is 12.0 Å². The Morgan fingerprint density at radius 3 is 2.33 bits per heavy atom. The van der Waals surface area contributed by atoms with E-state index in [0.717, 1.165) is 11.1 Å². The SMILES string of the molecule is CCOC(=O)C1=C(C)N=c2s/c(=C/c3ccc(OCc4ccc(C)cc4)c(OC)c3)c(=O)n2[C@@H]1c1cc(OC)c(OCC)cc1Br. The number of halogens is 1. The Kier molecular flexibility index (Phi) is 10.3. The van der Waals surface area contributed by atoms with Gasteiger partial charge in [-0.05, 0) is 74.7 Å². The molecule has 1 atom stereocenters. The van der Waals surface area contributed by atoms with Crippen LogP contribution in [0.2, 0.25) is 0 Å².